The summed E-state index contributed by atoms with van der Waals surface area (Å²) in [6.07, 6.45) is 2.22. The zero-order valence-electron chi connectivity index (χ0n) is 38.0. The number of likely N-dealkylation sites (tertiary alicyclic amines) is 2. The van der Waals surface area contributed by atoms with E-state index in [0.717, 1.165) is 22.3 Å². The molecule has 2 heterocycles. The molecule has 0 radical (unpaired) electrons. The SMILES string of the molecule is Nc1ccc(CCNC(=O)[C@H]2CN(C(=O)c3ccc(C(=O)N4C[C@H](C(=O)NCCc5ccc(N)cc5)[C@@H](C(=O)NCCc5ccc(N)cc5)C4)cc3)C[C@@H]2C(=O)NCCc2ccc(N)cc2)cc1. The zero-order valence-corrected chi connectivity index (χ0v) is 38.0. The van der Waals surface area contributed by atoms with Gasteiger partial charge >= 0.3 is 0 Å². The molecule has 5 aromatic rings. The van der Waals surface area contributed by atoms with E-state index >= 15 is 0 Å². The van der Waals surface area contributed by atoms with Gasteiger partial charge in [-0.25, -0.2) is 0 Å². The van der Waals surface area contributed by atoms with Crippen LogP contribution >= 0.6 is 0 Å². The highest BCUT2D eigenvalue weighted by Gasteiger charge is 2.45. The van der Waals surface area contributed by atoms with Crippen LogP contribution in [0.2, 0.25) is 0 Å². The highest BCUT2D eigenvalue weighted by Crippen LogP contribution is 2.28. The van der Waals surface area contributed by atoms with E-state index in [1.807, 2.05) is 48.5 Å². The molecule has 7 rings (SSSR count). The van der Waals surface area contributed by atoms with Crippen LogP contribution in [0.1, 0.15) is 43.0 Å². The van der Waals surface area contributed by atoms with Crippen molar-refractivity contribution in [2.45, 2.75) is 25.7 Å². The topological polar surface area (TPSA) is 261 Å². The van der Waals surface area contributed by atoms with Crippen LogP contribution in [0, 0.1) is 23.7 Å². The third-order valence-electron chi connectivity index (χ3n) is 12.7. The summed E-state index contributed by atoms with van der Waals surface area (Å²) in [6.45, 7) is 1.39. The van der Waals surface area contributed by atoms with Crippen molar-refractivity contribution in [3.8, 4) is 0 Å². The molecule has 0 bridgehead atoms. The normalized spacial score (nSPS) is 17.6. The number of nitrogen functional groups attached to an aromatic ring is 4. The van der Waals surface area contributed by atoms with E-state index in [-0.39, 0.29) is 60.9 Å². The molecule has 0 aliphatic carbocycles. The van der Waals surface area contributed by atoms with E-state index in [0.29, 0.717) is 74.6 Å². The van der Waals surface area contributed by atoms with Crippen LogP contribution in [0.5, 0.6) is 0 Å². The average molecular weight is 921 g/mol. The van der Waals surface area contributed by atoms with E-state index in [1.165, 1.54) is 34.1 Å². The third kappa shape index (κ3) is 12.7. The summed E-state index contributed by atoms with van der Waals surface area (Å²) >= 11 is 0. The molecule has 6 amide bonds. The minimum atomic E-state index is -0.802. The van der Waals surface area contributed by atoms with E-state index in [1.54, 1.807) is 48.5 Å². The predicted octanol–water partition coefficient (Wildman–Crippen LogP) is 2.83. The molecular formula is C52H60N10O6. The van der Waals surface area contributed by atoms with Crippen LogP contribution < -0.4 is 44.2 Å². The Morgan fingerprint density at radius 1 is 0.353 bits per heavy atom. The van der Waals surface area contributed by atoms with E-state index in [2.05, 4.69) is 21.3 Å². The van der Waals surface area contributed by atoms with Crippen molar-refractivity contribution in [3.63, 3.8) is 0 Å². The molecule has 16 nitrogen and oxygen atoms in total. The van der Waals surface area contributed by atoms with Gasteiger partial charge in [0.2, 0.25) is 23.6 Å². The molecular weight excluding hydrogens is 861 g/mol. The first-order valence-electron chi connectivity index (χ1n) is 23.0. The van der Waals surface area contributed by atoms with Crippen LogP contribution in [0.15, 0.2) is 121 Å². The molecule has 4 atom stereocenters. The largest absolute Gasteiger partial charge is 0.399 e. The maximum atomic E-state index is 14.0. The summed E-state index contributed by atoms with van der Waals surface area (Å²) in [5, 5.41) is 11.8. The summed E-state index contributed by atoms with van der Waals surface area (Å²) in [5.41, 5.74) is 30.4. The number of amides is 6. The zero-order chi connectivity index (χ0) is 48.2. The second-order valence-corrected chi connectivity index (χ2v) is 17.6. The molecule has 0 spiro atoms. The van der Waals surface area contributed by atoms with Gasteiger partial charge in [-0.1, -0.05) is 48.5 Å². The maximum Gasteiger partial charge on any atom is 0.253 e. The molecule has 354 valence electrons. The fourth-order valence-corrected chi connectivity index (χ4v) is 8.70. The Bertz CT molecular complexity index is 2230. The first-order valence-corrected chi connectivity index (χ1v) is 23.0. The third-order valence-corrected chi connectivity index (χ3v) is 12.7. The minimum Gasteiger partial charge on any atom is -0.399 e. The van der Waals surface area contributed by atoms with Crippen LogP contribution in [0.4, 0.5) is 22.7 Å². The lowest BCUT2D eigenvalue weighted by Crippen LogP contribution is -2.42. The van der Waals surface area contributed by atoms with Crippen molar-refractivity contribution < 1.29 is 28.8 Å². The Balaban J connectivity index is 0.992. The van der Waals surface area contributed by atoms with Crippen molar-refractivity contribution >= 4 is 58.2 Å². The van der Waals surface area contributed by atoms with Gasteiger partial charge in [0.1, 0.15) is 0 Å². The van der Waals surface area contributed by atoms with Gasteiger partial charge in [-0.15, -0.1) is 0 Å². The fraction of sp³-hybridized carbons (Fsp3) is 0.308. The second kappa shape index (κ2) is 22.5. The number of hydrogen-bond acceptors (Lipinski definition) is 10. The van der Waals surface area contributed by atoms with Crippen molar-refractivity contribution in [2.75, 3.05) is 75.3 Å². The van der Waals surface area contributed by atoms with Gasteiger partial charge in [0.05, 0.1) is 23.7 Å². The number of carbonyl (C=O) groups excluding carboxylic acids is 6. The smallest absolute Gasteiger partial charge is 0.253 e. The molecule has 5 aromatic carbocycles. The maximum absolute atomic E-state index is 14.0. The molecule has 2 fully saturated rings. The quantitative estimate of drug-likeness (QED) is 0.0596. The number of nitrogens with two attached hydrogens (primary N) is 4. The van der Waals surface area contributed by atoms with Crippen molar-refractivity contribution in [1.29, 1.82) is 0 Å². The van der Waals surface area contributed by atoms with Gasteiger partial charge < -0.3 is 54.0 Å². The van der Waals surface area contributed by atoms with Crippen molar-refractivity contribution in [1.82, 2.24) is 31.1 Å². The number of benzene rings is 5. The average Bonchev–Trinajstić information content (AvgIpc) is 4.01. The molecule has 12 N–H and O–H groups in total. The lowest BCUT2D eigenvalue weighted by Gasteiger charge is -2.18. The van der Waals surface area contributed by atoms with Crippen LogP contribution in [0.3, 0.4) is 0 Å². The van der Waals surface area contributed by atoms with Crippen molar-refractivity contribution in [3.05, 3.63) is 155 Å². The number of rotatable bonds is 18. The van der Waals surface area contributed by atoms with Gasteiger partial charge in [0, 0.05) is 86.2 Å². The second-order valence-electron chi connectivity index (χ2n) is 17.6. The van der Waals surface area contributed by atoms with Gasteiger partial charge in [-0.3, -0.25) is 28.8 Å². The van der Waals surface area contributed by atoms with E-state index < -0.39 is 35.5 Å². The summed E-state index contributed by atoms with van der Waals surface area (Å²) < 4.78 is 0. The summed E-state index contributed by atoms with van der Waals surface area (Å²) in [5.74, 6) is -5.32. The van der Waals surface area contributed by atoms with Gasteiger partial charge in [-0.2, -0.15) is 0 Å². The van der Waals surface area contributed by atoms with Crippen LogP contribution in [0.25, 0.3) is 0 Å². The predicted molar refractivity (Wildman–Crippen MR) is 262 cm³/mol. The molecule has 2 aliphatic rings. The highest BCUT2D eigenvalue weighted by atomic mass is 16.2. The lowest BCUT2D eigenvalue weighted by molar-refractivity contribution is -0.132. The van der Waals surface area contributed by atoms with Gasteiger partial charge in [0.15, 0.2) is 0 Å². The number of hydrogen-bond donors (Lipinski definition) is 8. The van der Waals surface area contributed by atoms with Crippen LogP contribution in [-0.2, 0) is 44.9 Å². The van der Waals surface area contributed by atoms with E-state index in [4.69, 9.17) is 22.9 Å². The Labute approximate surface area is 396 Å². The molecule has 0 unspecified atom stereocenters. The summed E-state index contributed by atoms with van der Waals surface area (Å²) in [6, 6.07) is 35.6. The van der Waals surface area contributed by atoms with Crippen LogP contribution in [-0.4, -0.2) is 97.6 Å². The molecule has 2 saturated heterocycles. The number of nitrogens with one attached hydrogen (secondary N) is 4. The molecule has 0 aromatic heterocycles. The lowest BCUT2D eigenvalue weighted by atomic mass is 9.94. The summed E-state index contributed by atoms with van der Waals surface area (Å²) in [7, 11) is 0. The van der Waals surface area contributed by atoms with Crippen molar-refractivity contribution in [2.24, 2.45) is 23.7 Å². The van der Waals surface area contributed by atoms with E-state index in [9.17, 15) is 28.8 Å². The Hall–Kier alpha value is -7.88. The van der Waals surface area contributed by atoms with Gasteiger partial charge in [0.25, 0.3) is 11.8 Å². The summed E-state index contributed by atoms with van der Waals surface area (Å²) in [4.78, 5) is 85.9. The fourth-order valence-electron chi connectivity index (χ4n) is 8.70. The number of nitrogens with zero attached hydrogens (tertiary/aromatic N) is 2. The Morgan fingerprint density at radius 2 is 0.559 bits per heavy atom. The Morgan fingerprint density at radius 3 is 0.765 bits per heavy atom. The molecule has 2 aliphatic heterocycles. The monoisotopic (exact) mass is 920 g/mol. The number of anilines is 4. The standard InChI is InChI=1S/C52H60N10O6/c53-39-13-1-33(2-14-39)21-25-57-47(63)43-29-61(30-44(43)48(64)58-26-22-34-3-15-40(54)16-4-34)51(67)37-9-11-38(12-10-37)52(68)62-31-45(49(65)59-27-23-35-5-17-41(55)18-6-35)46(32-62)50(66)60-28-24-36-7-19-42(56)20-8-36/h1-20,43-46H,21-32,53-56H2,(H,57,63)(H,58,64)(H,59,65)(H,60,66)/t43-,44-,45-,46-/m0/s1. The highest BCUT2D eigenvalue weighted by molar-refractivity contribution is 6.00. The Kier molecular flexibility index (Phi) is 15.9. The first kappa shape index (κ1) is 48.1. The molecule has 16 heteroatoms. The molecule has 68 heavy (non-hydrogen) atoms. The van der Waals surface area contributed by atoms with Gasteiger partial charge in [-0.05, 0) is 121 Å². The number of carbonyl (C=O) groups is 6. The minimum absolute atomic E-state index is 0.0178. The first-order chi connectivity index (χ1) is 32.8. The molecule has 0 saturated carbocycles.